The highest BCUT2D eigenvalue weighted by molar-refractivity contribution is 6.12. The molecule has 0 spiro atoms. The van der Waals surface area contributed by atoms with Crippen LogP contribution >= 0.6 is 0 Å². The first-order valence-corrected chi connectivity index (χ1v) is 22.0. The van der Waals surface area contributed by atoms with Crippen molar-refractivity contribution in [2.24, 2.45) is 0 Å². The molecule has 68 heavy (non-hydrogen) atoms. The number of fused-ring (bicyclic) bond motifs is 6. The molecule has 0 fully saturated rings. The zero-order valence-corrected chi connectivity index (χ0v) is 35.9. The Hall–Kier alpha value is -8.69. The fourth-order valence-electron chi connectivity index (χ4n) is 9.64. The van der Waals surface area contributed by atoms with Crippen molar-refractivity contribution in [3.8, 4) is 67.5 Å². The minimum atomic E-state index is -4.92. The van der Waals surface area contributed by atoms with Gasteiger partial charge in [-0.15, -0.1) is 0 Å². The summed E-state index contributed by atoms with van der Waals surface area (Å²) in [5, 5.41) is 2.84. The molecule has 12 rings (SSSR count). The predicted octanol–water partition coefficient (Wildman–Crippen LogP) is 16.3. The van der Waals surface area contributed by atoms with Gasteiger partial charge in [-0.05, 0) is 84.9 Å². The maximum Gasteiger partial charge on any atom is 0.418 e. The van der Waals surface area contributed by atoms with Gasteiger partial charge in [0.2, 0.25) is 0 Å². The number of alkyl halides is 3. The van der Waals surface area contributed by atoms with E-state index < -0.39 is 28.9 Å². The molecule has 326 valence electrons. The van der Waals surface area contributed by atoms with Crippen LogP contribution in [0.2, 0.25) is 0 Å². The van der Waals surface area contributed by atoms with Crippen molar-refractivity contribution in [3.63, 3.8) is 0 Å². The van der Waals surface area contributed by atoms with Crippen molar-refractivity contribution in [1.82, 2.24) is 19.1 Å². The summed E-state index contributed by atoms with van der Waals surface area (Å²) in [4.78, 5) is 9.92. The van der Waals surface area contributed by atoms with Gasteiger partial charge in [0.1, 0.15) is 11.6 Å². The molecule has 0 unspecified atom stereocenters. The Balaban J connectivity index is 1.10. The monoisotopic (exact) mass is 894 g/mol. The Morgan fingerprint density at radius 2 is 0.750 bits per heavy atom. The van der Waals surface area contributed by atoms with Gasteiger partial charge in [-0.1, -0.05) is 127 Å². The third-order valence-electron chi connectivity index (χ3n) is 12.7. The number of benzene rings is 8. The molecule has 0 N–H and O–H groups in total. The number of aromatic nitrogens is 4. The molecule has 9 heteroatoms. The molecule has 0 amide bonds. The smallest absolute Gasteiger partial charge is 0.309 e. The summed E-state index contributed by atoms with van der Waals surface area (Å²) in [5.74, 6) is -1.83. The first-order valence-electron chi connectivity index (χ1n) is 22.0. The molecule has 8 aromatic carbocycles. The predicted molar refractivity (Wildman–Crippen MR) is 263 cm³/mol. The quantitative estimate of drug-likeness (QED) is 0.149. The average molecular weight is 895 g/mol. The Bertz CT molecular complexity index is 3910. The van der Waals surface area contributed by atoms with Crippen molar-refractivity contribution in [2.45, 2.75) is 6.18 Å². The molecular formula is C59H35F5N4. The summed E-state index contributed by atoms with van der Waals surface area (Å²) < 4.78 is 84.1. The number of rotatable bonds is 7. The van der Waals surface area contributed by atoms with Gasteiger partial charge in [0.05, 0.1) is 67.3 Å². The van der Waals surface area contributed by atoms with E-state index in [1.807, 2.05) is 152 Å². The summed E-state index contributed by atoms with van der Waals surface area (Å²) in [6.45, 7) is 0. The van der Waals surface area contributed by atoms with Gasteiger partial charge in [0.25, 0.3) is 0 Å². The van der Waals surface area contributed by atoms with Crippen molar-refractivity contribution >= 4 is 43.6 Å². The average Bonchev–Trinajstić information content (AvgIpc) is 3.88. The van der Waals surface area contributed by atoms with Gasteiger partial charge in [-0.25, -0.2) is 18.7 Å². The van der Waals surface area contributed by atoms with Gasteiger partial charge in [-0.3, -0.25) is 0 Å². The Kier molecular flexibility index (Phi) is 9.62. The fraction of sp³-hybridized carbons (Fsp3) is 0.0169. The van der Waals surface area contributed by atoms with Gasteiger partial charge < -0.3 is 9.13 Å². The van der Waals surface area contributed by atoms with Crippen molar-refractivity contribution in [3.05, 3.63) is 230 Å². The summed E-state index contributed by atoms with van der Waals surface area (Å²) in [7, 11) is 0. The Morgan fingerprint density at radius 3 is 1.24 bits per heavy atom. The third-order valence-corrected chi connectivity index (χ3v) is 12.7. The van der Waals surface area contributed by atoms with Crippen LogP contribution in [0.25, 0.3) is 111 Å². The molecule has 0 bridgehead atoms. The highest BCUT2D eigenvalue weighted by atomic mass is 19.4. The lowest BCUT2D eigenvalue weighted by Gasteiger charge is -2.22. The highest BCUT2D eigenvalue weighted by Crippen LogP contribution is 2.46. The van der Waals surface area contributed by atoms with E-state index in [2.05, 4.69) is 0 Å². The van der Waals surface area contributed by atoms with Crippen LogP contribution in [0.3, 0.4) is 0 Å². The van der Waals surface area contributed by atoms with Crippen molar-refractivity contribution in [2.75, 3.05) is 0 Å². The first-order chi connectivity index (χ1) is 33.2. The number of para-hydroxylation sites is 2. The Morgan fingerprint density at radius 1 is 0.338 bits per heavy atom. The van der Waals surface area contributed by atoms with Crippen LogP contribution in [-0.2, 0) is 6.18 Å². The van der Waals surface area contributed by atoms with E-state index >= 15 is 22.0 Å². The molecule has 0 aliphatic heterocycles. The van der Waals surface area contributed by atoms with E-state index in [-0.39, 0.29) is 16.9 Å². The van der Waals surface area contributed by atoms with Gasteiger partial charge in [-0.2, -0.15) is 13.2 Å². The van der Waals surface area contributed by atoms with Crippen LogP contribution in [0.1, 0.15) is 5.56 Å². The number of hydrogen-bond donors (Lipinski definition) is 0. The minimum Gasteiger partial charge on any atom is -0.309 e. The van der Waals surface area contributed by atoms with E-state index in [0.717, 1.165) is 62.6 Å². The topological polar surface area (TPSA) is 35.6 Å². The molecule has 0 radical (unpaired) electrons. The molecule has 4 nitrogen and oxygen atoms in total. The summed E-state index contributed by atoms with van der Waals surface area (Å²) >= 11 is 0. The van der Waals surface area contributed by atoms with E-state index in [0.29, 0.717) is 44.2 Å². The van der Waals surface area contributed by atoms with Gasteiger partial charge in [0.15, 0.2) is 0 Å². The lowest BCUT2D eigenvalue weighted by Crippen LogP contribution is -2.13. The SMILES string of the molecule is Fc1cccc(F)c1-c1cc(-n2c3ccccc3c3cc(-c4cccc(-c5ccccc5)n4)ccc32)c(C(F)(F)F)cc1-n1c2ccccc2c2cc(-c3cccc(-c4ccccc4)n3)ccc21. The molecular weight excluding hydrogens is 860 g/mol. The number of pyridine rings is 2. The van der Waals surface area contributed by atoms with E-state index in [4.69, 9.17) is 9.97 Å². The zero-order chi connectivity index (χ0) is 46.1. The van der Waals surface area contributed by atoms with E-state index in [9.17, 15) is 0 Å². The van der Waals surface area contributed by atoms with Gasteiger partial charge in [0, 0.05) is 49.4 Å². The summed E-state index contributed by atoms with van der Waals surface area (Å²) in [6.07, 6.45) is -4.92. The maximum atomic E-state index is 16.3. The van der Waals surface area contributed by atoms with Crippen LogP contribution < -0.4 is 0 Å². The van der Waals surface area contributed by atoms with Crippen LogP contribution in [0.15, 0.2) is 212 Å². The second-order valence-corrected chi connectivity index (χ2v) is 16.7. The van der Waals surface area contributed by atoms with E-state index in [1.54, 1.807) is 39.5 Å². The van der Waals surface area contributed by atoms with Crippen LogP contribution in [0.4, 0.5) is 22.0 Å². The lowest BCUT2D eigenvalue weighted by atomic mass is 9.97. The molecule has 4 heterocycles. The van der Waals surface area contributed by atoms with Crippen molar-refractivity contribution in [1.29, 1.82) is 0 Å². The van der Waals surface area contributed by atoms with Crippen molar-refractivity contribution < 1.29 is 22.0 Å². The minimum absolute atomic E-state index is 0.0411. The molecule has 0 aliphatic carbocycles. The molecule has 0 saturated carbocycles. The first kappa shape index (κ1) is 40.8. The normalized spacial score (nSPS) is 11.9. The number of nitrogens with zero attached hydrogens (tertiary/aromatic N) is 4. The highest BCUT2D eigenvalue weighted by Gasteiger charge is 2.37. The molecule has 0 atom stereocenters. The number of halogens is 5. The molecule has 12 aromatic rings. The van der Waals surface area contributed by atoms with E-state index in [1.165, 1.54) is 12.1 Å². The largest absolute Gasteiger partial charge is 0.418 e. The van der Waals surface area contributed by atoms with Crippen LogP contribution in [0.5, 0.6) is 0 Å². The van der Waals surface area contributed by atoms with Gasteiger partial charge >= 0.3 is 6.18 Å². The molecule has 0 aliphatic rings. The zero-order valence-electron chi connectivity index (χ0n) is 35.9. The molecule has 0 saturated heterocycles. The summed E-state index contributed by atoms with van der Waals surface area (Å²) in [5.41, 5.74) is 6.67. The summed E-state index contributed by atoms with van der Waals surface area (Å²) in [6, 6.07) is 62.8. The lowest BCUT2D eigenvalue weighted by molar-refractivity contribution is -0.137. The maximum absolute atomic E-state index is 16.3. The van der Waals surface area contributed by atoms with Crippen LogP contribution in [-0.4, -0.2) is 19.1 Å². The van der Waals surface area contributed by atoms with Crippen LogP contribution in [0, 0.1) is 11.6 Å². The molecule has 4 aromatic heterocycles. The second kappa shape index (κ2) is 16.0. The second-order valence-electron chi connectivity index (χ2n) is 16.7. The third kappa shape index (κ3) is 6.81. The number of hydrogen-bond acceptors (Lipinski definition) is 2. The standard InChI is InChI=1S/C59H35F5N4/c60-46-20-11-21-47(61)58(46)44-34-57(68-53-27-10-8-19-41(53)43-33-39(29-31-55(43)68)51-25-13-23-49(66-51)37-16-5-2-6-17-37)45(59(62,63)64)35-56(44)67-52-26-9-7-18-40(52)42-32-38(28-30-54(42)67)50-24-12-22-48(65-50)36-14-3-1-4-15-36/h1-35H. The fourth-order valence-corrected chi connectivity index (χ4v) is 9.64. The Labute approximate surface area is 386 Å².